The predicted octanol–water partition coefficient (Wildman–Crippen LogP) is 3.53. The van der Waals surface area contributed by atoms with E-state index in [9.17, 15) is 4.79 Å². The van der Waals surface area contributed by atoms with Crippen LogP contribution in [-0.4, -0.2) is 15.9 Å². The van der Waals surface area contributed by atoms with Gasteiger partial charge in [-0.15, -0.1) is 0 Å². The molecule has 0 atom stereocenters. The molecule has 4 heteroatoms. The Bertz CT molecular complexity index is 705. The molecule has 108 valence electrons. The van der Waals surface area contributed by atoms with Crippen LogP contribution in [0.5, 0.6) is 0 Å². The van der Waals surface area contributed by atoms with Crippen LogP contribution < -0.4 is 5.32 Å². The third kappa shape index (κ3) is 2.94. The number of carbonyl (C=O) groups excluding carboxylic acids is 1. The largest absolute Gasteiger partial charge is 0.322 e. The first kappa shape index (κ1) is 13.7. The number of rotatable bonds is 3. The molecule has 0 spiro atoms. The molecule has 3 rings (SSSR count). The maximum atomic E-state index is 12.4. The average Bonchev–Trinajstić information content (AvgIpc) is 3.26. The second kappa shape index (κ2) is 5.28. The molecule has 4 nitrogen and oxygen atoms in total. The third-order valence-electron chi connectivity index (χ3n) is 3.82. The number of hydrogen-bond donors (Lipinski definition) is 1. The van der Waals surface area contributed by atoms with Crippen LogP contribution in [0.15, 0.2) is 24.4 Å². The molecule has 1 aliphatic carbocycles. The van der Waals surface area contributed by atoms with Crippen molar-refractivity contribution < 1.29 is 4.79 Å². The summed E-state index contributed by atoms with van der Waals surface area (Å²) < 4.78 is 0. The second-order valence-electron chi connectivity index (χ2n) is 5.77. The van der Waals surface area contributed by atoms with E-state index in [0.717, 1.165) is 35.6 Å². The van der Waals surface area contributed by atoms with Gasteiger partial charge < -0.3 is 5.32 Å². The second-order valence-corrected chi connectivity index (χ2v) is 5.77. The van der Waals surface area contributed by atoms with Gasteiger partial charge in [-0.3, -0.25) is 4.79 Å². The summed E-state index contributed by atoms with van der Waals surface area (Å²) in [6, 6.07) is 5.97. The number of nitrogens with one attached hydrogen (secondary N) is 1. The van der Waals surface area contributed by atoms with Gasteiger partial charge in [0.2, 0.25) is 0 Å². The molecule has 1 saturated carbocycles. The Morgan fingerprint density at radius 1 is 1.24 bits per heavy atom. The minimum atomic E-state index is -0.151. The number of benzene rings is 1. The smallest absolute Gasteiger partial charge is 0.259 e. The van der Waals surface area contributed by atoms with E-state index >= 15 is 0 Å². The third-order valence-corrected chi connectivity index (χ3v) is 3.82. The molecule has 0 radical (unpaired) electrons. The summed E-state index contributed by atoms with van der Waals surface area (Å²) in [7, 11) is 0. The summed E-state index contributed by atoms with van der Waals surface area (Å²) >= 11 is 0. The highest BCUT2D eigenvalue weighted by molar-refractivity contribution is 6.05. The Hall–Kier alpha value is -2.23. The van der Waals surface area contributed by atoms with Crippen molar-refractivity contribution >= 4 is 11.6 Å². The minimum absolute atomic E-state index is 0.151. The molecule has 1 heterocycles. The molecule has 1 fully saturated rings. The number of aromatic nitrogens is 2. The van der Waals surface area contributed by atoms with Crippen LogP contribution in [0.3, 0.4) is 0 Å². The zero-order valence-corrected chi connectivity index (χ0v) is 12.6. The van der Waals surface area contributed by atoms with Crippen molar-refractivity contribution in [3.63, 3.8) is 0 Å². The van der Waals surface area contributed by atoms with Gasteiger partial charge in [-0.25, -0.2) is 9.97 Å². The van der Waals surface area contributed by atoms with E-state index in [1.807, 2.05) is 32.9 Å². The summed E-state index contributed by atoms with van der Waals surface area (Å²) in [4.78, 5) is 21.2. The van der Waals surface area contributed by atoms with Crippen molar-refractivity contribution in [3.05, 3.63) is 52.6 Å². The fourth-order valence-electron chi connectivity index (χ4n) is 2.39. The lowest BCUT2D eigenvalue weighted by Crippen LogP contribution is -2.16. The van der Waals surface area contributed by atoms with Gasteiger partial charge in [-0.2, -0.15) is 0 Å². The molecule has 0 unspecified atom stereocenters. The van der Waals surface area contributed by atoms with Gasteiger partial charge in [0.25, 0.3) is 5.91 Å². The predicted molar refractivity (Wildman–Crippen MR) is 82.6 cm³/mol. The molecule has 1 aliphatic rings. The molecule has 1 aromatic carbocycles. The monoisotopic (exact) mass is 281 g/mol. The van der Waals surface area contributed by atoms with Crippen molar-refractivity contribution in [3.8, 4) is 0 Å². The van der Waals surface area contributed by atoms with Gasteiger partial charge in [0.1, 0.15) is 5.82 Å². The van der Waals surface area contributed by atoms with Crippen LogP contribution in [0.1, 0.15) is 51.8 Å². The number of amides is 1. The topological polar surface area (TPSA) is 54.9 Å². The van der Waals surface area contributed by atoms with E-state index in [1.54, 1.807) is 6.20 Å². The van der Waals surface area contributed by atoms with Crippen molar-refractivity contribution in [1.29, 1.82) is 0 Å². The fourth-order valence-corrected chi connectivity index (χ4v) is 2.39. The molecule has 1 amide bonds. The van der Waals surface area contributed by atoms with Crippen LogP contribution >= 0.6 is 0 Å². The highest BCUT2D eigenvalue weighted by atomic mass is 16.1. The summed E-state index contributed by atoms with van der Waals surface area (Å²) in [5.74, 6) is 1.22. The Balaban J connectivity index is 1.81. The van der Waals surface area contributed by atoms with Gasteiger partial charge in [0.05, 0.1) is 11.3 Å². The summed E-state index contributed by atoms with van der Waals surface area (Å²) in [6.45, 7) is 5.89. The van der Waals surface area contributed by atoms with E-state index in [0.29, 0.717) is 11.5 Å². The Morgan fingerprint density at radius 2 is 2.00 bits per heavy atom. The van der Waals surface area contributed by atoms with Crippen LogP contribution in [0.25, 0.3) is 0 Å². The van der Waals surface area contributed by atoms with E-state index in [-0.39, 0.29) is 5.91 Å². The lowest BCUT2D eigenvalue weighted by molar-refractivity contribution is 0.102. The van der Waals surface area contributed by atoms with Gasteiger partial charge in [0.15, 0.2) is 0 Å². The molecule has 1 N–H and O–H groups in total. The van der Waals surface area contributed by atoms with E-state index in [1.165, 1.54) is 5.56 Å². The number of aryl methyl sites for hydroxylation is 3. The number of anilines is 1. The highest BCUT2D eigenvalue weighted by Crippen LogP contribution is 2.37. The Labute approximate surface area is 124 Å². The lowest BCUT2D eigenvalue weighted by atomic mass is 10.1. The molecular weight excluding hydrogens is 262 g/mol. The number of nitrogens with zero attached hydrogens (tertiary/aromatic N) is 2. The van der Waals surface area contributed by atoms with Crippen molar-refractivity contribution in [2.45, 2.75) is 39.5 Å². The van der Waals surface area contributed by atoms with Crippen LogP contribution in [0, 0.1) is 20.8 Å². The maximum absolute atomic E-state index is 12.4. The van der Waals surface area contributed by atoms with Gasteiger partial charge in [-0.1, -0.05) is 17.7 Å². The van der Waals surface area contributed by atoms with Crippen molar-refractivity contribution in [2.75, 3.05) is 5.32 Å². The first-order chi connectivity index (χ1) is 10.0. The molecule has 21 heavy (non-hydrogen) atoms. The molecule has 0 aliphatic heterocycles. The summed E-state index contributed by atoms with van der Waals surface area (Å²) in [6.07, 6.45) is 3.97. The van der Waals surface area contributed by atoms with E-state index in [4.69, 9.17) is 0 Å². The van der Waals surface area contributed by atoms with Gasteiger partial charge >= 0.3 is 0 Å². The van der Waals surface area contributed by atoms with E-state index < -0.39 is 0 Å². The normalized spacial score (nSPS) is 14.0. The number of carbonyl (C=O) groups is 1. The zero-order chi connectivity index (χ0) is 15.0. The summed E-state index contributed by atoms with van der Waals surface area (Å²) in [5, 5.41) is 2.94. The Morgan fingerprint density at radius 3 is 2.62 bits per heavy atom. The van der Waals surface area contributed by atoms with Crippen molar-refractivity contribution in [1.82, 2.24) is 9.97 Å². The Kier molecular flexibility index (Phi) is 3.45. The molecule has 0 saturated heterocycles. The average molecular weight is 281 g/mol. The zero-order valence-electron chi connectivity index (χ0n) is 12.6. The molecular formula is C17H19N3O. The van der Waals surface area contributed by atoms with Crippen LogP contribution in [-0.2, 0) is 0 Å². The first-order valence-corrected chi connectivity index (χ1v) is 7.27. The van der Waals surface area contributed by atoms with Crippen LogP contribution in [0.2, 0.25) is 0 Å². The number of hydrogen-bond acceptors (Lipinski definition) is 3. The lowest BCUT2D eigenvalue weighted by Gasteiger charge is -2.10. The maximum Gasteiger partial charge on any atom is 0.259 e. The standard InChI is InChI=1S/C17H19N3O/c1-10-4-7-15(11(2)8-10)20-17(21)14-9-18-16(13-5-6-13)19-12(14)3/h4,7-9,13H,5-6H2,1-3H3,(H,20,21). The quantitative estimate of drug-likeness (QED) is 0.936. The molecule has 0 bridgehead atoms. The van der Waals surface area contributed by atoms with Gasteiger partial charge in [0, 0.05) is 17.8 Å². The van der Waals surface area contributed by atoms with Crippen LogP contribution in [0.4, 0.5) is 5.69 Å². The molecule has 2 aromatic rings. The van der Waals surface area contributed by atoms with E-state index in [2.05, 4.69) is 21.4 Å². The fraction of sp³-hybridized carbons (Fsp3) is 0.353. The van der Waals surface area contributed by atoms with Crippen molar-refractivity contribution in [2.24, 2.45) is 0 Å². The SMILES string of the molecule is Cc1ccc(NC(=O)c2cnc(C3CC3)nc2C)c(C)c1. The minimum Gasteiger partial charge on any atom is -0.322 e. The highest BCUT2D eigenvalue weighted by Gasteiger charge is 2.27. The van der Waals surface area contributed by atoms with Gasteiger partial charge in [-0.05, 0) is 45.2 Å². The summed E-state index contributed by atoms with van der Waals surface area (Å²) in [5.41, 5.74) is 4.35. The first-order valence-electron chi connectivity index (χ1n) is 7.27. The molecule has 1 aromatic heterocycles.